The maximum atomic E-state index is 3.44. The molecule has 0 N–H and O–H groups in total. The molecule has 0 nitrogen and oxygen atoms in total. The summed E-state index contributed by atoms with van der Waals surface area (Å²) in [7, 11) is 1.77. The molecule has 0 saturated carbocycles. The highest BCUT2D eigenvalue weighted by Crippen LogP contribution is 2.39. The summed E-state index contributed by atoms with van der Waals surface area (Å²) in [6, 6.07) is 0. The molecular formula is C8H17BrS. The standard InChI is InChI=1S/C8H17BrS/c1-7(2,3)6-8(4,5)10-9/h6H2,1-5H3. The van der Waals surface area contributed by atoms with E-state index in [4.69, 9.17) is 0 Å². The lowest BCUT2D eigenvalue weighted by Crippen LogP contribution is -2.21. The van der Waals surface area contributed by atoms with Crippen molar-refractivity contribution in [2.75, 3.05) is 0 Å². The van der Waals surface area contributed by atoms with E-state index >= 15 is 0 Å². The van der Waals surface area contributed by atoms with E-state index in [1.807, 2.05) is 0 Å². The average Bonchev–Trinajstić information content (AvgIpc) is 1.60. The van der Waals surface area contributed by atoms with Crippen LogP contribution in [0.2, 0.25) is 0 Å². The highest BCUT2D eigenvalue weighted by atomic mass is 79.9. The first-order valence-electron chi connectivity index (χ1n) is 3.57. The Morgan fingerprint density at radius 2 is 1.50 bits per heavy atom. The van der Waals surface area contributed by atoms with Gasteiger partial charge in [0.2, 0.25) is 0 Å². The fourth-order valence-corrected chi connectivity index (χ4v) is 2.14. The average molecular weight is 225 g/mol. The number of hydrogen-bond donors (Lipinski definition) is 0. The second-order valence-corrected chi connectivity index (χ2v) is 6.80. The summed E-state index contributed by atoms with van der Waals surface area (Å²) in [5, 5.41) is 0. The Balaban J connectivity index is 3.89. The van der Waals surface area contributed by atoms with Crippen LogP contribution in [0.5, 0.6) is 0 Å². The largest absolute Gasteiger partial charge is 0.0773 e. The van der Waals surface area contributed by atoms with Crippen molar-refractivity contribution in [3.05, 3.63) is 0 Å². The summed E-state index contributed by atoms with van der Waals surface area (Å²) >= 11 is 3.44. The van der Waals surface area contributed by atoms with E-state index in [1.165, 1.54) is 6.42 Å². The van der Waals surface area contributed by atoms with Crippen molar-refractivity contribution in [2.24, 2.45) is 5.41 Å². The van der Waals surface area contributed by atoms with Crippen molar-refractivity contribution in [3.8, 4) is 0 Å². The molecule has 0 heterocycles. The maximum absolute atomic E-state index is 3.44. The quantitative estimate of drug-likeness (QED) is 0.677. The van der Waals surface area contributed by atoms with E-state index in [2.05, 4.69) is 49.4 Å². The van der Waals surface area contributed by atoms with Gasteiger partial charge in [-0.3, -0.25) is 0 Å². The van der Waals surface area contributed by atoms with E-state index in [0.29, 0.717) is 10.2 Å². The van der Waals surface area contributed by atoms with Crippen molar-refractivity contribution in [2.45, 2.75) is 45.8 Å². The SMILES string of the molecule is CC(C)(C)CC(C)(C)SBr. The second kappa shape index (κ2) is 3.48. The number of rotatable bonds is 2. The molecule has 0 bridgehead atoms. The third-order valence-corrected chi connectivity index (χ3v) is 4.36. The Kier molecular flexibility index (Phi) is 3.77. The molecule has 0 amide bonds. The van der Waals surface area contributed by atoms with Crippen LogP contribution in [0.25, 0.3) is 0 Å². The highest BCUT2D eigenvalue weighted by Gasteiger charge is 2.24. The van der Waals surface area contributed by atoms with Crippen LogP contribution in [-0.2, 0) is 0 Å². The number of halogens is 1. The minimum absolute atomic E-state index is 0.359. The molecule has 0 aromatic carbocycles. The molecule has 0 spiro atoms. The molecule has 0 rings (SSSR count). The van der Waals surface area contributed by atoms with Crippen molar-refractivity contribution < 1.29 is 0 Å². The van der Waals surface area contributed by atoms with Crippen LogP contribution in [0.15, 0.2) is 0 Å². The minimum atomic E-state index is 0.359. The van der Waals surface area contributed by atoms with Gasteiger partial charge < -0.3 is 0 Å². The van der Waals surface area contributed by atoms with Crippen molar-refractivity contribution in [1.82, 2.24) is 0 Å². The fraction of sp³-hybridized carbons (Fsp3) is 1.00. The predicted molar refractivity (Wildman–Crippen MR) is 54.7 cm³/mol. The van der Waals surface area contributed by atoms with Crippen LogP contribution >= 0.6 is 25.0 Å². The molecule has 0 radical (unpaired) electrons. The van der Waals surface area contributed by atoms with Gasteiger partial charge in [-0.15, -0.1) is 0 Å². The summed E-state index contributed by atoms with van der Waals surface area (Å²) in [4.78, 5) is 0. The zero-order chi connectivity index (χ0) is 8.41. The highest BCUT2D eigenvalue weighted by molar-refractivity contribution is 9.50. The first-order chi connectivity index (χ1) is 4.27. The fourth-order valence-electron chi connectivity index (χ4n) is 1.30. The van der Waals surface area contributed by atoms with Crippen LogP contribution in [0.3, 0.4) is 0 Å². The van der Waals surface area contributed by atoms with E-state index in [-0.39, 0.29) is 0 Å². The molecule has 0 aliphatic rings. The van der Waals surface area contributed by atoms with Gasteiger partial charge in [0, 0.05) is 4.75 Å². The molecule has 0 aromatic rings. The lowest BCUT2D eigenvalue weighted by atomic mass is 9.86. The summed E-state index contributed by atoms with van der Waals surface area (Å²) in [5.74, 6) is 0. The van der Waals surface area contributed by atoms with Crippen LogP contribution in [0, 0.1) is 5.41 Å². The molecule has 0 atom stereocenters. The molecule has 10 heavy (non-hydrogen) atoms. The monoisotopic (exact) mass is 224 g/mol. The normalized spacial score (nSPS) is 13.8. The van der Waals surface area contributed by atoms with Crippen LogP contribution in [0.4, 0.5) is 0 Å². The van der Waals surface area contributed by atoms with E-state index in [9.17, 15) is 0 Å². The maximum Gasteiger partial charge on any atom is 0.0218 e. The first-order valence-corrected chi connectivity index (χ1v) is 6.22. The van der Waals surface area contributed by atoms with Crippen molar-refractivity contribution in [3.63, 3.8) is 0 Å². The summed E-state index contributed by atoms with van der Waals surface area (Å²) in [6.07, 6.45) is 1.23. The molecule has 62 valence electrons. The molecular weight excluding hydrogens is 208 g/mol. The zero-order valence-electron chi connectivity index (χ0n) is 7.49. The molecule has 0 fully saturated rings. The zero-order valence-corrected chi connectivity index (χ0v) is 9.90. The molecule has 2 heteroatoms. The summed E-state index contributed by atoms with van der Waals surface area (Å²) in [5.41, 5.74) is 0.435. The molecule has 0 aliphatic carbocycles. The molecule has 0 unspecified atom stereocenters. The van der Waals surface area contributed by atoms with E-state index < -0.39 is 0 Å². The third kappa shape index (κ3) is 5.60. The van der Waals surface area contributed by atoms with Crippen molar-refractivity contribution >= 4 is 25.0 Å². The first kappa shape index (κ1) is 10.8. The molecule has 0 aromatic heterocycles. The van der Waals surface area contributed by atoms with Gasteiger partial charge >= 0.3 is 0 Å². The van der Waals surface area contributed by atoms with Gasteiger partial charge in [-0.05, 0) is 40.5 Å². The molecule has 0 saturated heterocycles. The molecule has 0 aliphatic heterocycles. The van der Waals surface area contributed by atoms with Crippen LogP contribution < -0.4 is 0 Å². The van der Waals surface area contributed by atoms with E-state index in [0.717, 1.165) is 0 Å². The van der Waals surface area contributed by atoms with Crippen LogP contribution in [-0.4, -0.2) is 4.75 Å². The topological polar surface area (TPSA) is 0 Å². The van der Waals surface area contributed by atoms with Gasteiger partial charge in [0.05, 0.1) is 0 Å². The predicted octanol–water partition coefficient (Wildman–Crippen LogP) is 4.24. The lowest BCUT2D eigenvalue weighted by molar-refractivity contribution is 0.340. The number of hydrogen-bond acceptors (Lipinski definition) is 1. The summed E-state index contributed by atoms with van der Waals surface area (Å²) in [6.45, 7) is 11.4. The van der Waals surface area contributed by atoms with Gasteiger partial charge in [0.1, 0.15) is 0 Å². The minimum Gasteiger partial charge on any atom is -0.0773 e. The van der Waals surface area contributed by atoms with Gasteiger partial charge in [0.25, 0.3) is 0 Å². The Labute approximate surface area is 76.4 Å². The van der Waals surface area contributed by atoms with Crippen molar-refractivity contribution in [1.29, 1.82) is 0 Å². The smallest absolute Gasteiger partial charge is 0.0218 e. The van der Waals surface area contributed by atoms with Gasteiger partial charge in [0.15, 0.2) is 0 Å². The summed E-state index contributed by atoms with van der Waals surface area (Å²) < 4.78 is 0.359. The second-order valence-electron chi connectivity index (χ2n) is 4.57. The van der Waals surface area contributed by atoms with E-state index in [1.54, 1.807) is 10.2 Å². The van der Waals surface area contributed by atoms with Crippen LogP contribution in [0.1, 0.15) is 41.0 Å². The lowest BCUT2D eigenvalue weighted by Gasteiger charge is -2.29. The Morgan fingerprint density at radius 1 is 1.10 bits per heavy atom. The van der Waals surface area contributed by atoms with Gasteiger partial charge in [-0.2, -0.15) is 0 Å². The Bertz CT molecular complexity index is 102. The van der Waals surface area contributed by atoms with Gasteiger partial charge in [-0.1, -0.05) is 31.0 Å². The Hall–Kier alpha value is 0.830. The third-order valence-electron chi connectivity index (χ3n) is 1.16. The van der Waals surface area contributed by atoms with Gasteiger partial charge in [-0.25, -0.2) is 0 Å². The Morgan fingerprint density at radius 3 is 1.60 bits per heavy atom.